The Morgan fingerprint density at radius 1 is 1.03 bits per heavy atom. The van der Waals surface area contributed by atoms with Gasteiger partial charge in [0, 0.05) is 22.5 Å². The number of amides is 1. The topological polar surface area (TPSA) is 46.9 Å². The lowest BCUT2D eigenvalue weighted by Crippen LogP contribution is -2.31. The predicted molar refractivity (Wildman–Crippen MR) is 118 cm³/mol. The van der Waals surface area contributed by atoms with Crippen molar-refractivity contribution in [2.24, 2.45) is 0 Å². The summed E-state index contributed by atoms with van der Waals surface area (Å²) >= 11 is 6.22. The maximum Gasteiger partial charge on any atom is 0.241 e. The highest BCUT2D eigenvalue weighted by Gasteiger charge is 2.15. The van der Waals surface area contributed by atoms with Crippen molar-refractivity contribution in [3.05, 3.63) is 89.4 Å². The summed E-state index contributed by atoms with van der Waals surface area (Å²) in [4.78, 5) is 12.6. The standard InChI is InChI=1S/C24H22ClN3O/c1-17(18-8-4-2-5-9-18)15-26-23(29)16-28-22-13-12-20(25)14-21(22)24(27-28)19-10-6-3-7-11-19/h2-14,17H,15-16H2,1H3,(H,26,29)/t17-/m1/s1. The lowest BCUT2D eigenvalue weighted by atomic mass is 10.0. The van der Waals surface area contributed by atoms with Crippen LogP contribution >= 0.6 is 11.6 Å². The van der Waals surface area contributed by atoms with E-state index in [0.717, 1.165) is 22.2 Å². The lowest BCUT2D eigenvalue weighted by molar-refractivity contribution is -0.121. The lowest BCUT2D eigenvalue weighted by Gasteiger charge is -2.13. The largest absolute Gasteiger partial charge is 0.354 e. The van der Waals surface area contributed by atoms with E-state index in [9.17, 15) is 4.79 Å². The first-order valence-electron chi connectivity index (χ1n) is 9.65. The molecule has 0 unspecified atom stereocenters. The van der Waals surface area contributed by atoms with Crippen molar-refractivity contribution in [1.82, 2.24) is 15.1 Å². The monoisotopic (exact) mass is 403 g/mol. The van der Waals surface area contributed by atoms with Crippen LogP contribution in [0.2, 0.25) is 5.02 Å². The third kappa shape index (κ3) is 4.33. The number of benzene rings is 3. The van der Waals surface area contributed by atoms with Gasteiger partial charge in [-0.25, -0.2) is 0 Å². The van der Waals surface area contributed by atoms with Crippen molar-refractivity contribution in [2.75, 3.05) is 6.54 Å². The summed E-state index contributed by atoms with van der Waals surface area (Å²) in [5.74, 6) is 0.181. The van der Waals surface area contributed by atoms with Gasteiger partial charge in [-0.15, -0.1) is 0 Å². The fraction of sp³-hybridized carbons (Fsp3) is 0.167. The first-order valence-corrected chi connectivity index (χ1v) is 10.0. The zero-order chi connectivity index (χ0) is 20.2. The average Bonchev–Trinajstić information content (AvgIpc) is 3.10. The molecular formula is C24H22ClN3O. The average molecular weight is 404 g/mol. The number of nitrogens with zero attached hydrogens (tertiary/aromatic N) is 2. The summed E-state index contributed by atoms with van der Waals surface area (Å²) in [5.41, 5.74) is 3.92. The number of fused-ring (bicyclic) bond motifs is 1. The van der Waals surface area contributed by atoms with Crippen molar-refractivity contribution in [3.63, 3.8) is 0 Å². The molecule has 1 aromatic heterocycles. The van der Waals surface area contributed by atoms with E-state index >= 15 is 0 Å². The van der Waals surface area contributed by atoms with Crippen LogP contribution in [0.3, 0.4) is 0 Å². The normalized spacial score (nSPS) is 12.1. The Morgan fingerprint density at radius 2 is 1.72 bits per heavy atom. The second-order valence-corrected chi connectivity index (χ2v) is 7.59. The summed E-state index contributed by atoms with van der Waals surface area (Å²) in [6, 6.07) is 25.8. The Morgan fingerprint density at radius 3 is 2.45 bits per heavy atom. The van der Waals surface area contributed by atoms with Gasteiger partial charge in [-0.3, -0.25) is 9.48 Å². The first kappa shape index (κ1) is 19.2. The quantitative estimate of drug-likeness (QED) is 0.476. The maximum absolute atomic E-state index is 12.6. The van der Waals surface area contributed by atoms with Crippen LogP contribution in [0.25, 0.3) is 22.2 Å². The molecule has 0 aliphatic carbocycles. The molecule has 0 saturated heterocycles. The van der Waals surface area contributed by atoms with E-state index in [-0.39, 0.29) is 18.4 Å². The zero-order valence-electron chi connectivity index (χ0n) is 16.2. The summed E-state index contributed by atoms with van der Waals surface area (Å²) in [6.45, 7) is 2.85. The minimum atomic E-state index is -0.0632. The number of carbonyl (C=O) groups excluding carboxylic acids is 1. The Kier molecular flexibility index (Phi) is 5.63. The van der Waals surface area contributed by atoms with E-state index in [1.165, 1.54) is 5.56 Å². The van der Waals surface area contributed by atoms with E-state index in [1.54, 1.807) is 4.68 Å². The highest BCUT2D eigenvalue weighted by atomic mass is 35.5. The molecule has 1 heterocycles. The molecule has 0 bridgehead atoms. The first-order chi connectivity index (χ1) is 14.1. The number of rotatable bonds is 6. The van der Waals surface area contributed by atoms with Gasteiger partial charge in [0.15, 0.2) is 0 Å². The molecule has 5 heteroatoms. The Hall–Kier alpha value is -3.11. The van der Waals surface area contributed by atoms with Crippen molar-refractivity contribution in [2.45, 2.75) is 19.4 Å². The molecule has 0 aliphatic heterocycles. The smallest absolute Gasteiger partial charge is 0.241 e. The van der Waals surface area contributed by atoms with Gasteiger partial charge in [0.25, 0.3) is 0 Å². The van der Waals surface area contributed by atoms with Gasteiger partial charge in [-0.1, -0.05) is 79.2 Å². The molecule has 0 spiro atoms. The van der Waals surface area contributed by atoms with E-state index in [4.69, 9.17) is 16.7 Å². The fourth-order valence-electron chi connectivity index (χ4n) is 3.44. The van der Waals surface area contributed by atoms with Gasteiger partial charge in [-0.05, 0) is 29.7 Å². The van der Waals surface area contributed by atoms with Crippen LogP contribution < -0.4 is 5.32 Å². The van der Waals surface area contributed by atoms with Crippen LogP contribution in [-0.2, 0) is 11.3 Å². The predicted octanol–water partition coefficient (Wildman–Crippen LogP) is 5.28. The molecule has 0 radical (unpaired) electrons. The SMILES string of the molecule is C[C@H](CNC(=O)Cn1nc(-c2ccccc2)c2cc(Cl)ccc21)c1ccccc1. The molecule has 4 aromatic rings. The minimum absolute atomic E-state index is 0.0632. The summed E-state index contributed by atoms with van der Waals surface area (Å²) < 4.78 is 1.75. The number of aromatic nitrogens is 2. The summed E-state index contributed by atoms with van der Waals surface area (Å²) in [5, 5.41) is 9.34. The molecule has 0 fully saturated rings. The van der Waals surface area contributed by atoms with Crippen LogP contribution in [0.15, 0.2) is 78.9 Å². The molecule has 1 amide bonds. The van der Waals surface area contributed by atoms with Crippen LogP contribution in [0, 0.1) is 0 Å². The zero-order valence-corrected chi connectivity index (χ0v) is 16.9. The van der Waals surface area contributed by atoms with Crippen molar-refractivity contribution in [1.29, 1.82) is 0 Å². The van der Waals surface area contributed by atoms with Crippen LogP contribution in [0.5, 0.6) is 0 Å². The van der Waals surface area contributed by atoms with Gasteiger partial charge >= 0.3 is 0 Å². The molecular weight excluding hydrogens is 382 g/mol. The fourth-order valence-corrected chi connectivity index (χ4v) is 3.61. The molecule has 4 nitrogen and oxygen atoms in total. The van der Waals surface area contributed by atoms with Crippen molar-refractivity contribution >= 4 is 28.4 Å². The van der Waals surface area contributed by atoms with Crippen molar-refractivity contribution in [3.8, 4) is 11.3 Å². The second kappa shape index (κ2) is 8.50. The minimum Gasteiger partial charge on any atom is -0.354 e. The van der Waals surface area contributed by atoms with Gasteiger partial charge < -0.3 is 5.32 Å². The highest BCUT2D eigenvalue weighted by molar-refractivity contribution is 6.31. The number of carbonyl (C=O) groups is 1. The molecule has 0 saturated carbocycles. The third-order valence-corrected chi connectivity index (χ3v) is 5.26. The van der Waals surface area contributed by atoms with Gasteiger partial charge in [0.05, 0.1) is 5.52 Å². The summed E-state index contributed by atoms with van der Waals surface area (Å²) in [7, 11) is 0. The van der Waals surface area contributed by atoms with Crippen LogP contribution in [0.4, 0.5) is 0 Å². The maximum atomic E-state index is 12.6. The molecule has 4 rings (SSSR count). The molecule has 29 heavy (non-hydrogen) atoms. The number of halogens is 1. The Labute approximate surface area is 175 Å². The number of hydrogen-bond donors (Lipinski definition) is 1. The highest BCUT2D eigenvalue weighted by Crippen LogP contribution is 2.30. The second-order valence-electron chi connectivity index (χ2n) is 7.15. The molecule has 1 atom stereocenters. The van der Waals surface area contributed by atoms with E-state index in [1.807, 2.05) is 66.7 Å². The molecule has 0 aliphatic rings. The Bertz CT molecular complexity index is 1120. The number of hydrogen-bond acceptors (Lipinski definition) is 2. The molecule has 146 valence electrons. The van der Waals surface area contributed by atoms with Gasteiger partial charge in [-0.2, -0.15) is 5.10 Å². The summed E-state index contributed by atoms with van der Waals surface area (Å²) in [6.07, 6.45) is 0. The Balaban J connectivity index is 1.54. The number of nitrogens with one attached hydrogen (secondary N) is 1. The third-order valence-electron chi connectivity index (χ3n) is 5.03. The molecule has 1 N–H and O–H groups in total. The van der Waals surface area contributed by atoms with Gasteiger partial charge in [0.1, 0.15) is 12.2 Å². The molecule has 3 aromatic carbocycles. The van der Waals surface area contributed by atoms with Crippen LogP contribution in [0.1, 0.15) is 18.4 Å². The van der Waals surface area contributed by atoms with Gasteiger partial charge in [0.2, 0.25) is 5.91 Å². The van der Waals surface area contributed by atoms with E-state index in [0.29, 0.717) is 11.6 Å². The van der Waals surface area contributed by atoms with E-state index < -0.39 is 0 Å². The van der Waals surface area contributed by atoms with Crippen molar-refractivity contribution < 1.29 is 4.79 Å². The van der Waals surface area contributed by atoms with E-state index in [2.05, 4.69) is 24.4 Å². The van der Waals surface area contributed by atoms with Crippen LogP contribution in [-0.4, -0.2) is 22.2 Å².